The topological polar surface area (TPSA) is 54.3 Å². The van der Waals surface area contributed by atoms with Crippen molar-refractivity contribution >= 4 is 32.6 Å². The summed E-state index contributed by atoms with van der Waals surface area (Å²) in [5, 5.41) is 5.46. The van der Waals surface area contributed by atoms with Crippen LogP contribution < -0.4 is 4.90 Å². The molecular formula is C20H25N5OS. The minimum Gasteiger partial charge on any atom is -0.345 e. The van der Waals surface area contributed by atoms with Crippen molar-refractivity contribution in [3.8, 4) is 0 Å². The van der Waals surface area contributed by atoms with Crippen molar-refractivity contribution in [2.45, 2.75) is 34.2 Å². The molecule has 4 rings (SSSR count). The highest BCUT2D eigenvalue weighted by molar-refractivity contribution is 7.22. The van der Waals surface area contributed by atoms with Crippen LogP contribution in [0, 0.1) is 27.7 Å². The summed E-state index contributed by atoms with van der Waals surface area (Å²) < 4.78 is 3.07. The second kappa shape index (κ2) is 6.96. The number of carbonyl (C=O) groups excluding carboxylic acids is 1. The van der Waals surface area contributed by atoms with Crippen molar-refractivity contribution in [2.75, 3.05) is 31.1 Å². The molecule has 2 aromatic heterocycles. The molecule has 0 bridgehead atoms. The average Bonchev–Trinajstić information content (AvgIpc) is 3.23. The first-order valence-corrected chi connectivity index (χ1v) is 10.1. The van der Waals surface area contributed by atoms with Gasteiger partial charge in [0.15, 0.2) is 5.13 Å². The van der Waals surface area contributed by atoms with E-state index < -0.39 is 0 Å². The van der Waals surface area contributed by atoms with E-state index in [0.717, 1.165) is 48.2 Å². The Morgan fingerprint density at radius 3 is 2.41 bits per heavy atom. The number of hydrogen-bond acceptors (Lipinski definition) is 5. The Morgan fingerprint density at radius 1 is 1.07 bits per heavy atom. The van der Waals surface area contributed by atoms with E-state index in [-0.39, 0.29) is 5.91 Å². The van der Waals surface area contributed by atoms with Crippen LogP contribution in [0.5, 0.6) is 0 Å². The zero-order chi connectivity index (χ0) is 19.1. The Kier molecular flexibility index (Phi) is 4.63. The summed E-state index contributed by atoms with van der Waals surface area (Å²) in [5.41, 5.74) is 5.58. The molecule has 1 fully saturated rings. The van der Waals surface area contributed by atoms with E-state index in [1.165, 1.54) is 15.8 Å². The summed E-state index contributed by atoms with van der Waals surface area (Å²) in [6, 6.07) is 6.30. The molecule has 1 aromatic carbocycles. The number of nitrogens with zero attached hydrogens (tertiary/aromatic N) is 5. The summed E-state index contributed by atoms with van der Waals surface area (Å²) in [7, 11) is 0. The van der Waals surface area contributed by atoms with Crippen LogP contribution in [-0.4, -0.2) is 51.8 Å². The largest absolute Gasteiger partial charge is 0.345 e. The van der Waals surface area contributed by atoms with Gasteiger partial charge in [-0.25, -0.2) is 4.98 Å². The monoisotopic (exact) mass is 383 g/mol. The number of rotatable bonds is 3. The maximum atomic E-state index is 12.6. The third-order valence-corrected chi connectivity index (χ3v) is 6.47. The lowest BCUT2D eigenvalue weighted by atomic mass is 10.1. The summed E-state index contributed by atoms with van der Waals surface area (Å²) >= 11 is 1.76. The molecule has 0 aliphatic carbocycles. The molecule has 142 valence electrons. The molecule has 0 spiro atoms. The van der Waals surface area contributed by atoms with Crippen LogP contribution in [0.1, 0.15) is 22.5 Å². The molecule has 0 atom stereocenters. The highest BCUT2D eigenvalue weighted by Gasteiger charge is 2.24. The Balaban J connectivity index is 1.43. The third kappa shape index (κ3) is 3.43. The second-order valence-electron chi connectivity index (χ2n) is 7.33. The van der Waals surface area contributed by atoms with Crippen LogP contribution in [0.4, 0.5) is 5.13 Å². The van der Waals surface area contributed by atoms with Gasteiger partial charge in [0.1, 0.15) is 6.54 Å². The first-order valence-electron chi connectivity index (χ1n) is 9.33. The van der Waals surface area contributed by atoms with Gasteiger partial charge in [0, 0.05) is 31.9 Å². The number of thiazole rings is 1. The Hall–Kier alpha value is -2.41. The zero-order valence-corrected chi connectivity index (χ0v) is 17.1. The van der Waals surface area contributed by atoms with Gasteiger partial charge in [-0.3, -0.25) is 9.48 Å². The molecule has 0 unspecified atom stereocenters. The van der Waals surface area contributed by atoms with Gasteiger partial charge in [0.2, 0.25) is 5.91 Å². The zero-order valence-electron chi connectivity index (χ0n) is 16.3. The molecule has 6 nitrogen and oxygen atoms in total. The van der Waals surface area contributed by atoms with E-state index in [9.17, 15) is 4.79 Å². The molecule has 1 saturated heterocycles. The Bertz CT molecular complexity index is 958. The predicted molar refractivity (Wildman–Crippen MR) is 110 cm³/mol. The van der Waals surface area contributed by atoms with Crippen LogP contribution in [0.2, 0.25) is 0 Å². The van der Waals surface area contributed by atoms with Gasteiger partial charge < -0.3 is 9.80 Å². The van der Waals surface area contributed by atoms with Crippen LogP contribution in [-0.2, 0) is 11.3 Å². The van der Waals surface area contributed by atoms with E-state index in [1.807, 2.05) is 24.8 Å². The fourth-order valence-corrected chi connectivity index (χ4v) is 4.76. The summed E-state index contributed by atoms with van der Waals surface area (Å²) in [5.74, 6) is 0.136. The quantitative estimate of drug-likeness (QED) is 0.697. The molecule has 0 saturated carbocycles. The van der Waals surface area contributed by atoms with Crippen LogP contribution in [0.15, 0.2) is 18.2 Å². The molecule has 1 aliphatic rings. The Morgan fingerprint density at radius 2 is 1.78 bits per heavy atom. The summed E-state index contributed by atoms with van der Waals surface area (Å²) in [6.07, 6.45) is 0. The summed E-state index contributed by atoms with van der Waals surface area (Å²) in [4.78, 5) is 21.8. The number of aromatic nitrogens is 3. The van der Waals surface area contributed by atoms with E-state index in [1.54, 1.807) is 16.0 Å². The van der Waals surface area contributed by atoms with Gasteiger partial charge in [-0.15, -0.1) is 0 Å². The summed E-state index contributed by atoms with van der Waals surface area (Å²) in [6.45, 7) is 11.6. The van der Waals surface area contributed by atoms with E-state index in [2.05, 4.69) is 36.0 Å². The molecule has 7 heteroatoms. The minimum absolute atomic E-state index is 0.136. The lowest BCUT2D eigenvalue weighted by Gasteiger charge is -2.34. The maximum Gasteiger partial charge on any atom is 0.244 e. The molecule has 1 aliphatic heterocycles. The highest BCUT2D eigenvalue weighted by Crippen LogP contribution is 2.33. The van der Waals surface area contributed by atoms with Crippen molar-refractivity contribution in [2.24, 2.45) is 0 Å². The molecule has 27 heavy (non-hydrogen) atoms. The molecule has 0 N–H and O–H groups in total. The van der Waals surface area contributed by atoms with Crippen LogP contribution >= 0.6 is 11.3 Å². The molecule has 3 aromatic rings. The van der Waals surface area contributed by atoms with Crippen molar-refractivity contribution in [1.82, 2.24) is 19.7 Å². The van der Waals surface area contributed by atoms with Gasteiger partial charge in [0.05, 0.1) is 15.9 Å². The van der Waals surface area contributed by atoms with Crippen molar-refractivity contribution in [3.05, 3.63) is 40.7 Å². The number of amides is 1. The van der Waals surface area contributed by atoms with Crippen molar-refractivity contribution in [1.29, 1.82) is 0 Å². The van der Waals surface area contributed by atoms with E-state index in [4.69, 9.17) is 4.98 Å². The number of benzene rings is 1. The van der Waals surface area contributed by atoms with Gasteiger partial charge in [-0.05, 0) is 44.9 Å². The Labute approximate surface area is 163 Å². The minimum atomic E-state index is 0.136. The van der Waals surface area contributed by atoms with E-state index >= 15 is 0 Å². The number of piperazine rings is 1. The predicted octanol–water partition coefficient (Wildman–Crippen LogP) is 3.08. The smallest absolute Gasteiger partial charge is 0.244 e. The van der Waals surface area contributed by atoms with Gasteiger partial charge in [0.25, 0.3) is 0 Å². The van der Waals surface area contributed by atoms with Gasteiger partial charge in [-0.1, -0.05) is 23.5 Å². The molecule has 1 amide bonds. The SMILES string of the molecule is Cc1cc(C)n(CC(=O)N2CCN(c3nc4c(C)ccc(C)c4s3)CC2)n1. The van der Waals surface area contributed by atoms with Crippen LogP contribution in [0.25, 0.3) is 10.2 Å². The fourth-order valence-electron chi connectivity index (χ4n) is 3.59. The van der Waals surface area contributed by atoms with Crippen molar-refractivity contribution < 1.29 is 4.79 Å². The molecule has 3 heterocycles. The number of anilines is 1. The highest BCUT2D eigenvalue weighted by atomic mass is 32.1. The number of aryl methyl sites for hydroxylation is 4. The molecule has 0 radical (unpaired) electrons. The number of carbonyl (C=O) groups is 1. The lowest BCUT2D eigenvalue weighted by molar-refractivity contribution is -0.132. The maximum absolute atomic E-state index is 12.6. The number of fused-ring (bicyclic) bond motifs is 1. The third-order valence-electron chi connectivity index (χ3n) is 5.22. The first kappa shape index (κ1) is 18.0. The first-order chi connectivity index (χ1) is 12.9. The molecular weight excluding hydrogens is 358 g/mol. The lowest BCUT2D eigenvalue weighted by Crippen LogP contribution is -2.49. The fraction of sp³-hybridized carbons (Fsp3) is 0.450. The standard InChI is InChI=1S/C20H25N5OS/c1-13-5-6-14(2)19-18(13)21-20(27-19)24-9-7-23(8-10-24)17(26)12-25-16(4)11-15(3)22-25/h5-6,11H,7-10,12H2,1-4H3. The van der Waals surface area contributed by atoms with E-state index in [0.29, 0.717) is 6.54 Å². The number of hydrogen-bond donors (Lipinski definition) is 0. The van der Waals surface area contributed by atoms with Crippen molar-refractivity contribution in [3.63, 3.8) is 0 Å². The normalized spacial score (nSPS) is 15.0. The van der Waals surface area contributed by atoms with Crippen LogP contribution in [0.3, 0.4) is 0 Å². The van der Waals surface area contributed by atoms with Gasteiger partial charge in [-0.2, -0.15) is 5.10 Å². The van der Waals surface area contributed by atoms with Gasteiger partial charge >= 0.3 is 0 Å². The average molecular weight is 384 g/mol. The second-order valence-corrected chi connectivity index (χ2v) is 8.30.